The van der Waals surface area contributed by atoms with E-state index >= 15 is 0 Å². The van der Waals surface area contributed by atoms with Crippen LogP contribution in [0.25, 0.3) is 23.3 Å². The van der Waals surface area contributed by atoms with E-state index in [-0.39, 0.29) is 0 Å². The van der Waals surface area contributed by atoms with E-state index in [9.17, 15) is 0 Å². The molecule has 0 aliphatic rings. The lowest BCUT2D eigenvalue weighted by atomic mass is 9.90. The maximum absolute atomic E-state index is 2.39. The Balaban J connectivity index is 1.55. The average molecular weight is 633 g/mol. The summed E-state index contributed by atoms with van der Waals surface area (Å²) in [5.74, 6) is 0. The van der Waals surface area contributed by atoms with Crippen molar-refractivity contribution in [1.82, 2.24) is 0 Å². The summed E-state index contributed by atoms with van der Waals surface area (Å²) in [5, 5.41) is 0. The van der Waals surface area contributed by atoms with Crippen molar-refractivity contribution < 1.29 is 0 Å². The fourth-order valence-corrected chi connectivity index (χ4v) is 6.77. The molecule has 2 heteroatoms. The molecular weight excluding hydrogens is 581 g/mol. The molecule has 0 N–H and O–H groups in total. The number of nitrogens with zero attached hydrogens (tertiary/aromatic N) is 2. The van der Waals surface area contributed by atoms with Gasteiger partial charge in [-0.3, -0.25) is 0 Å². The lowest BCUT2D eigenvalue weighted by Crippen LogP contribution is -2.21. The Hall–Kier alpha value is -4.82. The van der Waals surface area contributed by atoms with E-state index in [0.29, 0.717) is 0 Å². The standard InChI is InChI=1S/C46H52N2/c1-9-47(10-2)41-23-19-39(20-24-41)45(43-27-13-33(5)29-35(43)7)31-37-15-17-38(18-16-37)32-46(44-28-14-34(6)30-36(44)8)40-21-25-42(26-22-40)48(11-3)12-4/h13-32H,9-12H2,1-8H3. The normalized spacial score (nSPS) is 11.9. The van der Waals surface area contributed by atoms with Gasteiger partial charge >= 0.3 is 0 Å². The Kier molecular flexibility index (Phi) is 11.4. The van der Waals surface area contributed by atoms with Gasteiger partial charge in [-0.2, -0.15) is 0 Å². The van der Waals surface area contributed by atoms with Crippen molar-refractivity contribution in [2.24, 2.45) is 0 Å². The van der Waals surface area contributed by atoms with Gasteiger partial charge in [-0.1, -0.05) is 96.1 Å². The highest BCUT2D eigenvalue weighted by atomic mass is 15.1. The molecule has 2 nitrogen and oxygen atoms in total. The van der Waals surface area contributed by atoms with Crippen molar-refractivity contribution >= 4 is 34.7 Å². The smallest absolute Gasteiger partial charge is 0.0366 e. The molecule has 246 valence electrons. The van der Waals surface area contributed by atoms with Crippen LogP contribution in [0.1, 0.15) is 83.3 Å². The van der Waals surface area contributed by atoms with Crippen LogP contribution in [0.2, 0.25) is 0 Å². The van der Waals surface area contributed by atoms with Crippen LogP contribution in [0.4, 0.5) is 11.4 Å². The molecule has 0 spiro atoms. The van der Waals surface area contributed by atoms with E-state index in [1.54, 1.807) is 0 Å². The molecule has 48 heavy (non-hydrogen) atoms. The van der Waals surface area contributed by atoms with Crippen molar-refractivity contribution in [1.29, 1.82) is 0 Å². The van der Waals surface area contributed by atoms with Gasteiger partial charge in [0.15, 0.2) is 0 Å². The lowest BCUT2D eigenvalue weighted by Gasteiger charge is -2.21. The molecule has 0 aliphatic heterocycles. The van der Waals surface area contributed by atoms with Crippen LogP contribution in [0.3, 0.4) is 0 Å². The van der Waals surface area contributed by atoms with Gasteiger partial charge in [0.2, 0.25) is 0 Å². The second kappa shape index (κ2) is 15.8. The van der Waals surface area contributed by atoms with Crippen LogP contribution < -0.4 is 9.80 Å². The van der Waals surface area contributed by atoms with Crippen molar-refractivity contribution in [2.45, 2.75) is 55.4 Å². The highest BCUT2D eigenvalue weighted by molar-refractivity contribution is 5.94. The quantitative estimate of drug-likeness (QED) is 0.126. The van der Waals surface area contributed by atoms with Crippen LogP contribution >= 0.6 is 0 Å². The predicted molar refractivity (Wildman–Crippen MR) is 212 cm³/mol. The number of anilines is 2. The molecule has 0 unspecified atom stereocenters. The maximum Gasteiger partial charge on any atom is 0.0366 e. The van der Waals surface area contributed by atoms with Crippen LogP contribution in [0.15, 0.2) is 109 Å². The van der Waals surface area contributed by atoms with Crippen LogP contribution in [0, 0.1) is 27.7 Å². The van der Waals surface area contributed by atoms with Crippen LogP contribution in [0.5, 0.6) is 0 Å². The van der Waals surface area contributed by atoms with E-state index in [4.69, 9.17) is 0 Å². The minimum Gasteiger partial charge on any atom is -0.372 e. The van der Waals surface area contributed by atoms with Gasteiger partial charge in [0.05, 0.1) is 0 Å². The summed E-state index contributed by atoms with van der Waals surface area (Å²) < 4.78 is 0. The Morgan fingerprint density at radius 2 is 0.771 bits per heavy atom. The molecule has 0 fully saturated rings. The molecule has 5 rings (SSSR count). The minimum absolute atomic E-state index is 1.00. The third-order valence-corrected chi connectivity index (χ3v) is 9.52. The fraction of sp³-hybridized carbons (Fsp3) is 0.261. The average Bonchev–Trinajstić information content (AvgIpc) is 3.09. The summed E-state index contributed by atoms with van der Waals surface area (Å²) in [6.45, 7) is 21.6. The van der Waals surface area contributed by atoms with E-state index in [2.05, 4.69) is 187 Å². The molecule has 0 aliphatic carbocycles. The molecule has 5 aromatic carbocycles. The summed E-state index contributed by atoms with van der Waals surface area (Å²) in [4.78, 5) is 4.78. The summed E-state index contributed by atoms with van der Waals surface area (Å²) in [7, 11) is 0. The second-order valence-corrected chi connectivity index (χ2v) is 12.9. The summed E-state index contributed by atoms with van der Waals surface area (Å²) in [5.41, 5.74) is 17.5. The van der Waals surface area contributed by atoms with Crippen LogP contribution in [-0.4, -0.2) is 26.2 Å². The molecule has 0 saturated carbocycles. The summed E-state index contributed by atoms with van der Waals surface area (Å²) in [6.07, 6.45) is 4.68. The second-order valence-electron chi connectivity index (χ2n) is 12.9. The van der Waals surface area contributed by atoms with Gasteiger partial charge in [-0.05, 0) is 147 Å². The van der Waals surface area contributed by atoms with Gasteiger partial charge in [-0.15, -0.1) is 0 Å². The van der Waals surface area contributed by atoms with E-state index in [0.717, 1.165) is 26.2 Å². The molecule has 0 heterocycles. The molecule has 0 radical (unpaired) electrons. The first-order valence-corrected chi connectivity index (χ1v) is 17.6. The Labute approximate surface area is 290 Å². The minimum atomic E-state index is 1.00. The molecule has 0 aromatic heterocycles. The van der Waals surface area contributed by atoms with Gasteiger partial charge in [-0.25, -0.2) is 0 Å². The first-order chi connectivity index (χ1) is 23.2. The molecule has 0 bridgehead atoms. The largest absolute Gasteiger partial charge is 0.372 e. The summed E-state index contributed by atoms with van der Waals surface area (Å²) >= 11 is 0. The highest BCUT2D eigenvalue weighted by Gasteiger charge is 2.13. The van der Waals surface area contributed by atoms with Crippen LogP contribution in [-0.2, 0) is 0 Å². The number of hydrogen-bond acceptors (Lipinski definition) is 2. The third-order valence-electron chi connectivity index (χ3n) is 9.52. The first kappa shape index (κ1) is 34.5. The predicted octanol–water partition coefficient (Wildman–Crippen LogP) is 11.8. The molecule has 0 amide bonds. The fourth-order valence-electron chi connectivity index (χ4n) is 6.77. The van der Waals surface area contributed by atoms with E-state index in [1.165, 1.54) is 78.2 Å². The SMILES string of the molecule is CCN(CC)c1ccc(C(=Cc2ccc(C=C(c3ccc(N(CC)CC)cc3)c3ccc(C)cc3C)cc2)c2ccc(C)cc2C)cc1. The zero-order valence-electron chi connectivity index (χ0n) is 30.3. The summed E-state index contributed by atoms with van der Waals surface area (Å²) in [6, 6.07) is 40.7. The molecule has 0 saturated heterocycles. The first-order valence-electron chi connectivity index (χ1n) is 17.6. The Morgan fingerprint density at radius 3 is 1.06 bits per heavy atom. The monoisotopic (exact) mass is 632 g/mol. The molecular formula is C46H52N2. The van der Waals surface area contributed by atoms with Crippen molar-refractivity contribution in [3.63, 3.8) is 0 Å². The van der Waals surface area contributed by atoms with Crippen molar-refractivity contribution in [2.75, 3.05) is 36.0 Å². The number of aryl methyl sites for hydroxylation is 4. The van der Waals surface area contributed by atoms with E-state index in [1.807, 2.05) is 0 Å². The van der Waals surface area contributed by atoms with Gasteiger partial charge < -0.3 is 9.80 Å². The zero-order chi connectivity index (χ0) is 34.2. The van der Waals surface area contributed by atoms with Gasteiger partial charge in [0, 0.05) is 37.6 Å². The van der Waals surface area contributed by atoms with Crippen molar-refractivity contribution in [3.8, 4) is 0 Å². The lowest BCUT2D eigenvalue weighted by molar-refractivity contribution is 0.866. The van der Waals surface area contributed by atoms with Gasteiger partial charge in [0.25, 0.3) is 0 Å². The number of benzene rings is 5. The number of hydrogen-bond donors (Lipinski definition) is 0. The van der Waals surface area contributed by atoms with E-state index < -0.39 is 0 Å². The highest BCUT2D eigenvalue weighted by Crippen LogP contribution is 2.33. The number of rotatable bonds is 12. The molecule has 5 aromatic rings. The molecule has 0 atom stereocenters. The Bertz CT molecular complexity index is 1730. The Morgan fingerprint density at radius 1 is 0.438 bits per heavy atom. The topological polar surface area (TPSA) is 6.48 Å². The third kappa shape index (κ3) is 8.00. The maximum atomic E-state index is 2.39. The van der Waals surface area contributed by atoms with Gasteiger partial charge in [0.1, 0.15) is 0 Å². The van der Waals surface area contributed by atoms with Crippen molar-refractivity contribution in [3.05, 3.63) is 165 Å². The zero-order valence-corrected chi connectivity index (χ0v) is 30.3.